The molecule has 0 radical (unpaired) electrons. The summed E-state index contributed by atoms with van der Waals surface area (Å²) < 4.78 is 25.0. The molecule has 0 saturated carbocycles. The predicted molar refractivity (Wildman–Crippen MR) is 94.8 cm³/mol. The molecule has 1 aliphatic rings. The lowest BCUT2D eigenvalue weighted by Crippen LogP contribution is -2.47. The molecule has 0 bridgehead atoms. The van der Waals surface area contributed by atoms with Crippen molar-refractivity contribution in [3.05, 3.63) is 24.5 Å². The second-order valence-corrected chi connectivity index (χ2v) is 9.47. The van der Waals surface area contributed by atoms with E-state index in [-0.39, 0.29) is 23.2 Å². The van der Waals surface area contributed by atoms with E-state index in [4.69, 9.17) is 0 Å². The van der Waals surface area contributed by atoms with E-state index in [1.54, 1.807) is 19.3 Å². The monoisotopic (exact) mass is 381 g/mol. The molecule has 8 nitrogen and oxygen atoms in total. The number of sulfone groups is 1. The molecule has 3 heterocycles. The fourth-order valence-corrected chi connectivity index (χ4v) is 5.61. The first-order valence-electron chi connectivity index (χ1n) is 7.72. The Balaban J connectivity index is 1.61. The van der Waals surface area contributed by atoms with Gasteiger partial charge in [-0.15, -0.1) is 10.2 Å². The van der Waals surface area contributed by atoms with Gasteiger partial charge < -0.3 is 9.88 Å². The van der Waals surface area contributed by atoms with Gasteiger partial charge in [0.15, 0.2) is 20.8 Å². The van der Waals surface area contributed by atoms with Gasteiger partial charge in [0.2, 0.25) is 5.91 Å². The molecular weight excluding hydrogens is 362 g/mol. The van der Waals surface area contributed by atoms with Crippen LogP contribution in [0.5, 0.6) is 0 Å². The second-order valence-electron chi connectivity index (χ2n) is 6.34. The average molecular weight is 381 g/mol. The van der Waals surface area contributed by atoms with Crippen LogP contribution in [0.2, 0.25) is 0 Å². The molecule has 0 aliphatic carbocycles. The molecule has 134 valence electrons. The lowest BCUT2D eigenvalue weighted by Gasteiger charge is -2.23. The Hall–Kier alpha value is -1.94. The first-order valence-corrected chi connectivity index (χ1v) is 10.5. The molecular formula is C15H19N5O3S2. The quantitative estimate of drug-likeness (QED) is 0.758. The van der Waals surface area contributed by atoms with Gasteiger partial charge in [-0.3, -0.25) is 9.78 Å². The highest BCUT2D eigenvalue weighted by Gasteiger charge is 2.39. The first kappa shape index (κ1) is 17.9. The summed E-state index contributed by atoms with van der Waals surface area (Å²) >= 11 is 1.26. The van der Waals surface area contributed by atoms with Crippen molar-refractivity contribution in [3.8, 4) is 11.4 Å². The summed E-state index contributed by atoms with van der Waals surface area (Å²) in [7, 11) is -1.22. The molecule has 3 rings (SSSR count). The van der Waals surface area contributed by atoms with Crippen molar-refractivity contribution < 1.29 is 13.2 Å². The fourth-order valence-electron chi connectivity index (χ4n) is 2.80. The van der Waals surface area contributed by atoms with Gasteiger partial charge in [0.25, 0.3) is 0 Å². The number of carbonyl (C=O) groups is 1. The van der Waals surface area contributed by atoms with E-state index >= 15 is 0 Å². The summed E-state index contributed by atoms with van der Waals surface area (Å²) in [5.41, 5.74) is 0.212. The number of rotatable bonds is 5. The number of thioether (sulfide) groups is 1. The fraction of sp³-hybridized carbons (Fsp3) is 0.467. The molecule has 1 fully saturated rings. The highest BCUT2D eigenvalue weighted by atomic mass is 32.2. The molecule has 25 heavy (non-hydrogen) atoms. The number of hydrogen-bond acceptors (Lipinski definition) is 7. The lowest BCUT2D eigenvalue weighted by atomic mass is 10.0. The van der Waals surface area contributed by atoms with Crippen LogP contribution in [-0.4, -0.2) is 56.9 Å². The summed E-state index contributed by atoms with van der Waals surface area (Å²) in [6.45, 7) is 1.77. The first-order chi connectivity index (χ1) is 11.8. The molecule has 0 aromatic carbocycles. The van der Waals surface area contributed by atoms with Crippen molar-refractivity contribution in [1.82, 2.24) is 25.1 Å². The standard InChI is InChI=1S/C15H19N5O3S2/c1-15(5-8-25(22,23)10-15)17-12(21)9-24-14-19-18-13(20(14)2)11-3-6-16-7-4-11/h3-4,6-7H,5,8-10H2,1-2H3,(H,17,21)/t15-/m0/s1. The molecule has 1 N–H and O–H groups in total. The Kier molecular flexibility index (Phi) is 4.83. The third kappa shape index (κ3) is 4.18. The van der Waals surface area contributed by atoms with Crippen LogP contribution in [0.25, 0.3) is 11.4 Å². The van der Waals surface area contributed by atoms with E-state index in [9.17, 15) is 13.2 Å². The highest BCUT2D eigenvalue weighted by Crippen LogP contribution is 2.24. The maximum absolute atomic E-state index is 12.2. The van der Waals surface area contributed by atoms with Gasteiger partial charge in [-0.25, -0.2) is 8.42 Å². The minimum atomic E-state index is -3.05. The van der Waals surface area contributed by atoms with Gasteiger partial charge in [-0.1, -0.05) is 11.8 Å². The van der Waals surface area contributed by atoms with Crippen molar-refractivity contribution in [1.29, 1.82) is 0 Å². The summed E-state index contributed by atoms with van der Waals surface area (Å²) in [6, 6.07) is 3.68. The van der Waals surface area contributed by atoms with Gasteiger partial charge in [-0.2, -0.15) is 0 Å². The molecule has 2 aromatic heterocycles. The van der Waals surface area contributed by atoms with Crippen LogP contribution >= 0.6 is 11.8 Å². The second kappa shape index (κ2) is 6.75. The van der Waals surface area contributed by atoms with Gasteiger partial charge in [0.05, 0.1) is 22.8 Å². The zero-order chi connectivity index (χ0) is 18.1. The van der Waals surface area contributed by atoms with E-state index in [1.807, 2.05) is 23.7 Å². The minimum Gasteiger partial charge on any atom is -0.349 e. The number of carbonyl (C=O) groups excluding carboxylic acids is 1. The normalized spacial score (nSPS) is 22.0. The highest BCUT2D eigenvalue weighted by molar-refractivity contribution is 7.99. The Morgan fingerprint density at radius 3 is 2.72 bits per heavy atom. The van der Waals surface area contributed by atoms with Crippen LogP contribution in [0.1, 0.15) is 13.3 Å². The van der Waals surface area contributed by atoms with Gasteiger partial charge in [-0.05, 0) is 25.5 Å². The van der Waals surface area contributed by atoms with Crippen molar-refractivity contribution in [2.75, 3.05) is 17.3 Å². The van der Waals surface area contributed by atoms with Crippen molar-refractivity contribution in [2.24, 2.45) is 7.05 Å². The maximum atomic E-state index is 12.2. The third-order valence-corrected chi connectivity index (χ3v) is 6.97. The predicted octanol–water partition coefficient (Wildman–Crippen LogP) is 0.663. The smallest absolute Gasteiger partial charge is 0.230 e. The summed E-state index contributed by atoms with van der Waals surface area (Å²) in [6.07, 6.45) is 3.81. The average Bonchev–Trinajstić information content (AvgIpc) is 3.05. The van der Waals surface area contributed by atoms with Gasteiger partial charge in [0, 0.05) is 25.0 Å². The third-order valence-electron chi connectivity index (χ3n) is 4.05. The van der Waals surface area contributed by atoms with Crippen LogP contribution in [0, 0.1) is 0 Å². The van der Waals surface area contributed by atoms with Crippen molar-refractivity contribution in [3.63, 3.8) is 0 Å². The largest absolute Gasteiger partial charge is 0.349 e. The number of amides is 1. The minimum absolute atomic E-state index is 0.00738. The van der Waals surface area contributed by atoms with Crippen LogP contribution in [0.3, 0.4) is 0 Å². The zero-order valence-electron chi connectivity index (χ0n) is 14.0. The van der Waals surface area contributed by atoms with E-state index in [1.165, 1.54) is 11.8 Å². The van der Waals surface area contributed by atoms with E-state index < -0.39 is 15.4 Å². The van der Waals surface area contributed by atoms with Gasteiger partial charge >= 0.3 is 0 Å². The maximum Gasteiger partial charge on any atom is 0.230 e. The topological polar surface area (TPSA) is 107 Å². The summed E-state index contributed by atoms with van der Waals surface area (Å²) in [5.74, 6) is 0.747. The van der Waals surface area contributed by atoms with Crippen LogP contribution in [0.4, 0.5) is 0 Å². The van der Waals surface area contributed by atoms with Crippen LogP contribution < -0.4 is 5.32 Å². The van der Waals surface area contributed by atoms with E-state index in [0.717, 1.165) is 5.56 Å². The molecule has 2 aromatic rings. The molecule has 10 heteroatoms. The zero-order valence-corrected chi connectivity index (χ0v) is 15.6. The summed E-state index contributed by atoms with van der Waals surface area (Å²) in [5, 5.41) is 11.7. The molecule has 0 unspecified atom stereocenters. The Morgan fingerprint density at radius 1 is 1.36 bits per heavy atom. The van der Waals surface area contributed by atoms with Crippen molar-refractivity contribution in [2.45, 2.75) is 24.0 Å². The molecule has 1 aliphatic heterocycles. The number of nitrogens with zero attached hydrogens (tertiary/aromatic N) is 4. The number of nitrogens with one attached hydrogen (secondary N) is 1. The van der Waals surface area contributed by atoms with E-state index in [2.05, 4.69) is 20.5 Å². The number of pyridine rings is 1. The lowest BCUT2D eigenvalue weighted by molar-refractivity contribution is -0.120. The molecule has 1 saturated heterocycles. The van der Waals surface area contributed by atoms with Crippen molar-refractivity contribution >= 4 is 27.5 Å². The van der Waals surface area contributed by atoms with Crippen LogP contribution in [0.15, 0.2) is 29.7 Å². The Morgan fingerprint density at radius 2 is 2.08 bits per heavy atom. The van der Waals surface area contributed by atoms with Gasteiger partial charge in [0.1, 0.15) is 0 Å². The SMILES string of the molecule is Cn1c(SCC(=O)N[C@@]2(C)CCS(=O)(=O)C2)nnc1-c1ccncc1. The molecule has 1 amide bonds. The molecule has 0 spiro atoms. The Labute approximate surface area is 150 Å². The van der Waals surface area contributed by atoms with E-state index in [0.29, 0.717) is 17.4 Å². The van der Waals surface area contributed by atoms with Crippen LogP contribution in [-0.2, 0) is 21.7 Å². The number of aromatic nitrogens is 4. The number of hydrogen-bond donors (Lipinski definition) is 1. The molecule has 1 atom stereocenters. The summed E-state index contributed by atoms with van der Waals surface area (Å²) in [4.78, 5) is 16.2. The Bertz CT molecular complexity index is 882.